The summed E-state index contributed by atoms with van der Waals surface area (Å²) < 4.78 is 12.8. The number of ether oxygens (including phenoxy) is 2. The largest absolute Gasteiger partial charge is 0.497 e. The highest BCUT2D eigenvalue weighted by Crippen LogP contribution is 2.60. The van der Waals surface area contributed by atoms with Crippen molar-refractivity contribution in [1.29, 1.82) is 0 Å². The van der Waals surface area contributed by atoms with Crippen molar-refractivity contribution in [1.82, 2.24) is 4.90 Å². The molecule has 9 nitrogen and oxygen atoms in total. The number of fused-ring (bicyclic) bond motifs is 3. The first-order valence-corrected chi connectivity index (χ1v) is 22.8. The normalized spacial score (nSPS) is 22.6. The molecule has 5 aromatic carbocycles. The van der Waals surface area contributed by atoms with Gasteiger partial charge in [0, 0.05) is 29.4 Å². The van der Waals surface area contributed by atoms with Crippen LogP contribution in [0.2, 0.25) is 18.6 Å². The number of rotatable bonds is 11. The zero-order valence-corrected chi connectivity index (χ0v) is 33.9. The minimum Gasteiger partial charge on any atom is -0.497 e. The molecule has 5 aromatic rings. The first kappa shape index (κ1) is 38.3. The van der Waals surface area contributed by atoms with Crippen molar-refractivity contribution in [2.45, 2.75) is 69.2 Å². The fourth-order valence-electron chi connectivity index (χ4n) is 9.80. The van der Waals surface area contributed by atoms with Crippen LogP contribution in [0.5, 0.6) is 5.75 Å². The number of hydrogen-bond acceptors (Lipinski definition) is 6. The molecule has 0 unspecified atom stereocenters. The van der Waals surface area contributed by atoms with Gasteiger partial charge in [-0.05, 0) is 71.1 Å². The summed E-state index contributed by atoms with van der Waals surface area (Å²) >= 11 is 0. The molecule has 3 amide bonds. The van der Waals surface area contributed by atoms with E-state index < -0.39 is 19.8 Å². The first-order chi connectivity index (χ1) is 27.6. The van der Waals surface area contributed by atoms with Crippen molar-refractivity contribution in [3.05, 3.63) is 150 Å². The Balaban J connectivity index is 1.16. The van der Waals surface area contributed by atoms with Crippen LogP contribution >= 0.6 is 0 Å². The van der Waals surface area contributed by atoms with E-state index in [-0.39, 0.29) is 48.9 Å². The zero-order valence-electron chi connectivity index (χ0n) is 32.9. The Morgan fingerprint density at radius 3 is 2.32 bits per heavy atom. The van der Waals surface area contributed by atoms with Crippen molar-refractivity contribution < 1.29 is 29.0 Å². The summed E-state index contributed by atoms with van der Waals surface area (Å²) in [4.78, 5) is 47.5. The fraction of sp³-hybridized carbons (Fsp3) is 0.298. The quantitative estimate of drug-likeness (QED) is 0.114. The number of nitrogens with zero attached hydrogens (tertiary/aromatic N) is 3. The number of aliphatic hydroxyl groups is 1. The van der Waals surface area contributed by atoms with Gasteiger partial charge in [-0.2, -0.15) is 0 Å². The Hall–Kier alpha value is -5.55. The van der Waals surface area contributed by atoms with Crippen LogP contribution in [0.4, 0.5) is 17.1 Å². The highest BCUT2D eigenvalue weighted by molar-refractivity contribution is 6.91. The Bertz CT molecular complexity index is 2280. The van der Waals surface area contributed by atoms with Gasteiger partial charge in [0.05, 0.1) is 52.6 Å². The van der Waals surface area contributed by atoms with Crippen molar-refractivity contribution in [3.8, 4) is 5.75 Å². The molecule has 292 valence electrons. The number of carbonyl (C=O) groups excluding carboxylic acids is 3. The number of amides is 3. The van der Waals surface area contributed by atoms with Gasteiger partial charge >= 0.3 is 0 Å². The molecular weight excluding hydrogens is 731 g/mol. The molecule has 3 heterocycles. The summed E-state index contributed by atoms with van der Waals surface area (Å²) in [5.41, 5.74) is 4.64. The molecule has 10 heteroatoms. The smallest absolute Gasteiger partial charge is 0.264 e. The number of benzene rings is 5. The number of anilines is 3. The molecule has 1 N–H and O–H groups in total. The predicted octanol–water partition coefficient (Wildman–Crippen LogP) is 7.09. The van der Waals surface area contributed by atoms with E-state index >= 15 is 4.79 Å². The molecule has 3 aliphatic rings. The summed E-state index contributed by atoms with van der Waals surface area (Å²) in [6, 6.07) is 41.0. The predicted molar refractivity (Wildman–Crippen MR) is 224 cm³/mol. The number of carbonyl (C=O) groups is 3. The van der Waals surface area contributed by atoms with Gasteiger partial charge in [0.15, 0.2) is 5.60 Å². The lowest BCUT2D eigenvalue weighted by atomic mass is 9.82. The standard InChI is InChI=1S/C47H49N3O6Si/c1-32-45(57(3,4)40-23-21-39(55-2)22-24-40)43(27-44(53)48-29-35-15-9-8-14-34(35)26-38(48)30-51)56-47(32)41-19-10-11-20-42(41)49(46(47)54)28-33-13-12-18-37(25-33)50(31-52)36-16-6-5-7-17-36/h5-25,31-32,38,43,45,51H,26-30H2,1-4H3/t32-,38-,43+,45-,47+/m0/s1. The van der Waals surface area contributed by atoms with Gasteiger partial charge in [0.1, 0.15) is 5.75 Å². The van der Waals surface area contributed by atoms with Crippen LogP contribution in [-0.4, -0.2) is 62.2 Å². The number of aliphatic hydroxyl groups excluding tert-OH is 1. The molecule has 0 radical (unpaired) electrons. The summed E-state index contributed by atoms with van der Waals surface area (Å²) in [5, 5.41) is 11.7. The van der Waals surface area contributed by atoms with Crippen LogP contribution < -0.4 is 19.7 Å². The lowest BCUT2D eigenvalue weighted by molar-refractivity contribution is -0.151. The number of hydrogen-bond donors (Lipinski definition) is 1. The second-order valence-electron chi connectivity index (χ2n) is 16.1. The van der Waals surface area contributed by atoms with E-state index in [2.05, 4.69) is 38.2 Å². The highest BCUT2D eigenvalue weighted by atomic mass is 28.3. The maximum absolute atomic E-state index is 15.4. The Morgan fingerprint density at radius 1 is 0.912 bits per heavy atom. The summed E-state index contributed by atoms with van der Waals surface area (Å²) in [5.74, 6) is 0.232. The molecule has 5 atom stereocenters. The minimum absolute atomic E-state index is 0.0838. The second kappa shape index (κ2) is 15.4. The SMILES string of the molecule is COc1ccc([Si](C)(C)[C@@H]2[C@@H](CC(=O)N3Cc4ccccc4C[C@H]3CO)O[C@]3(C(=O)N(Cc4cccc(N(C=O)c5ccccc5)c4)c4ccccc43)[C@H]2C)cc1. The average Bonchev–Trinajstić information content (AvgIpc) is 3.67. The van der Waals surface area contributed by atoms with Crippen LogP contribution in [0, 0.1) is 5.92 Å². The van der Waals surface area contributed by atoms with E-state index in [4.69, 9.17) is 9.47 Å². The fourth-order valence-corrected chi connectivity index (χ4v) is 13.8. The molecule has 1 spiro atoms. The second-order valence-corrected chi connectivity index (χ2v) is 20.8. The van der Waals surface area contributed by atoms with Gasteiger partial charge in [0.25, 0.3) is 5.91 Å². The zero-order chi connectivity index (χ0) is 39.9. The maximum Gasteiger partial charge on any atom is 0.264 e. The maximum atomic E-state index is 15.4. The molecule has 0 aliphatic carbocycles. The third kappa shape index (κ3) is 6.65. The molecule has 0 saturated carbocycles. The third-order valence-electron chi connectivity index (χ3n) is 12.7. The van der Waals surface area contributed by atoms with Crippen LogP contribution in [0.1, 0.15) is 35.6 Å². The third-order valence-corrected chi connectivity index (χ3v) is 17.0. The van der Waals surface area contributed by atoms with E-state index in [1.165, 1.54) is 5.19 Å². The monoisotopic (exact) mass is 779 g/mol. The molecule has 8 rings (SSSR count). The van der Waals surface area contributed by atoms with Gasteiger partial charge in [-0.25, -0.2) is 0 Å². The van der Waals surface area contributed by atoms with Gasteiger partial charge in [0.2, 0.25) is 12.3 Å². The lowest BCUT2D eigenvalue weighted by Gasteiger charge is -2.39. The van der Waals surface area contributed by atoms with E-state index in [1.807, 2.05) is 119 Å². The molecule has 0 aromatic heterocycles. The van der Waals surface area contributed by atoms with Crippen molar-refractivity contribution in [2.75, 3.05) is 23.5 Å². The molecule has 3 aliphatic heterocycles. The molecule has 0 bridgehead atoms. The van der Waals surface area contributed by atoms with E-state index in [0.29, 0.717) is 18.7 Å². The molecular formula is C47H49N3O6Si. The van der Waals surface area contributed by atoms with Gasteiger partial charge in [-0.1, -0.05) is 110 Å². The van der Waals surface area contributed by atoms with Crippen molar-refractivity contribution >= 4 is 48.5 Å². The molecule has 1 saturated heterocycles. The van der Waals surface area contributed by atoms with Crippen molar-refractivity contribution in [3.63, 3.8) is 0 Å². The number of para-hydroxylation sites is 2. The Labute approximate surface area is 335 Å². The molecule has 57 heavy (non-hydrogen) atoms. The summed E-state index contributed by atoms with van der Waals surface area (Å²) in [7, 11) is -0.861. The summed E-state index contributed by atoms with van der Waals surface area (Å²) in [6.45, 7) is 7.29. The van der Waals surface area contributed by atoms with E-state index in [0.717, 1.165) is 45.8 Å². The van der Waals surface area contributed by atoms with Crippen LogP contribution in [0.3, 0.4) is 0 Å². The van der Waals surface area contributed by atoms with E-state index in [9.17, 15) is 14.7 Å². The van der Waals surface area contributed by atoms with E-state index in [1.54, 1.807) is 12.0 Å². The van der Waals surface area contributed by atoms with Crippen LogP contribution in [-0.2, 0) is 44.2 Å². The van der Waals surface area contributed by atoms with Gasteiger partial charge < -0.3 is 24.4 Å². The number of methoxy groups -OCH3 is 1. The van der Waals surface area contributed by atoms with Crippen LogP contribution in [0.15, 0.2) is 127 Å². The first-order valence-electron chi connectivity index (χ1n) is 19.7. The van der Waals surface area contributed by atoms with Crippen molar-refractivity contribution in [2.24, 2.45) is 5.92 Å². The minimum atomic E-state index is -2.51. The van der Waals surface area contributed by atoms with Crippen LogP contribution in [0.25, 0.3) is 0 Å². The topological polar surface area (TPSA) is 99.6 Å². The average molecular weight is 780 g/mol. The Kier molecular flexibility index (Phi) is 10.4. The lowest BCUT2D eigenvalue weighted by Crippen LogP contribution is -2.52. The Morgan fingerprint density at radius 2 is 1.60 bits per heavy atom. The highest BCUT2D eigenvalue weighted by Gasteiger charge is 2.66. The van der Waals surface area contributed by atoms with Gasteiger partial charge in [-0.3, -0.25) is 19.3 Å². The summed E-state index contributed by atoms with van der Waals surface area (Å²) in [6.07, 6.45) is 0.896. The van der Waals surface area contributed by atoms with Gasteiger partial charge in [-0.15, -0.1) is 0 Å². The molecule has 1 fully saturated rings.